The molecule has 3 aromatic rings. The van der Waals surface area contributed by atoms with Crippen molar-refractivity contribution in [3.8, 4) is 11.5 Å². The minimum absolute atomic E-state index is 0.463. The van der Waals surface area contributed by atoms with Gasteiger partial charge in [0.05, 0.1) is 0 Å². The normalized spacial score (nSPS) is 10.9. The SMILES string of the molecule is Nc1cc(-c2cc3ccccc3o2)[nH]n1. The van der Waals surface area contributed by atoms with E-state index in [2.05, 4.69) is 10.2 Å². The van der Waals surface area contributed by atoms with Crippen LogP contribution in [0.2, 0.25) is 0 Å². The van der Waals surface area contributed by atoms with Crippen molar-refractivity contribution in [1.82, 2.24) is 10.2 Å². The number of para-hydroxylation sites is 1. The zero-order valence-corrected chi connectivity index (χ0v) is 7.90. The molecular formula is C11H9N3O. The van der Waals surface area contributed by atoms with Crippen molar-refractivity contribution in [2.24, 2.45) is 0 Å². The van der Waals surface area contributed by atoms with Crippen LogP contribution in [-0.2, 0) is 0 Å². The Morgan fingerprint density at radius 2 is 2.07 bits per heavy atom. The number of H-pyrrole nitrogens is 1. The van der Waals surface area contributed by atoms with Gasteiger partial charge in [0, 0.05) is 11.5 Å². The van der Waals surface area contributed by atoms with Crippen LogP contribution in [0.4, 0.5) is 5.82 Å². The first kappa shape index (κ1) is 8.11. The van der Waals surface area contributed by atoms with E-state index in [-0.39, 0.29) is 0 Å². The molecule has 0 bridgehead atoms. The van der Waals surface area contributed by atoms with Gasteiger partial charge in [-0.05, 0) is 12.1 Å². The van der Waals surface area contributed by atoms with Crippen LogP contribution < -0.4 is 5.73 Å². The molecule has 2 aromatic heterocycles. The first-order valence-electron chi connectivity index (χ1n) is 4.63. The van der Waals surface area contributed by atoms with Gasteiger partial charge in [-0.15, -0.1) is 0 Å². The van der Waals surface area contributed by atoms with Gasteiger partial charge in [-0.25, -0.2) is 0 Å². The quantitative estimate of drug-likeness (QED) is 0.632. The first-order chi connectivity index (χ1) is 7.33. The molecule has 0 fully saturated rings. The van der Waals surface area contributed by atoms with Gasteiger partial charge in [0.25, 0.3) is 0 Å². The molecule has 0 saturated carbocycles. The Morgan fingerprint density at radius 1 is 1.20 bits per heavy atom. The monoisotopic (exact) mass is 199 g/mol. The number of fused-ring (bicyclic) bond motifs is 1. The fourth-order valence-electron chi connectivity index (χ4n) is 1.58. The number of hydrogen-bond acceptors (Lipinski definition) is 3. The molecule has 3 rings (SSSR count). The highest BCUT2D eigenvalue weighted by molar-refractivity contribution is 5.82. The van der Waals surface area contributed by atoms with E-state index in [0.29, 0.717) is 5.82 Å². The average Bonchev–Trinajstić information content (AvgIpc) is 2.82. The minimum Gasteiger partial charge on any atom is -0.454 e. The molecule has 0 unspecified atom stereocenters. The fourth-order valence-corrected chi connectivity index (χ4v) is 1.58. The summed E-state index contributed by atoms with van der Waals surface area (Å²) in [7, 11) is 0. The van der Waals surface area contributed by atoms with E-state index in [4.69, 9.17) is 10.2 Å². The van der Waals surface area contributed by atoms with Crippen LogP contribution in [0.1, 0.15) is 0 Å². The third kappa shape index (κ3) is 1.27. The van der Waals surface area contributed by atoms with E-state index < -0.39 is 0 Å². The number of aromatic amines is 1. The molecule has 0 radical (unpaired) electrons. The molecule has 0 aliphatic rings. The van der Waals surface area contributed by atoms with Gasteiger partial charge in [-0.3, -0.25) is 5.10 Å². The van der Waals surface area contributed by atoms with E-state index in [1.165, 1.54) is 0 Å². The zero-order chi connectivity index (χ0) is 10.3. The highest BCUT2D eigenvalue weighted by Gasteiger charge is 2.07. The van der Waals surface area contributed by atoms with Crippen molar-refractivity contribution in [1.29, 1.82) is 0 Å². The predicted octanol–water partition coefficient (Wildman–Crippen LogP) is 2.41. The molecule has 15 heavy (non-hydrogen) atoms. The third-order valence-electron chi connectivity index (χ3n) is 2.29. The summed E-state index contributed by atoms with van der Waals surface area (Å²) in [5, 5.41) is 7.74. The number of anilines is 1. The summed E-state index contributed by atoms with van der Waals surface area (Å²) in [6.07, 6.45) is 0. The molecule has 74 valence electrons. The van der Waals surface area contributed by atoms with E-state index in [1.807, 2.05) is 30.3 Å². The standard InChI is InChI=1S/C11H9N3O/c12-11-6-8(13-14-11)10-5-7-3-1-2-4-9(7)15-10/h1-6H,(H3,12,13,14). The van der Waals surface area contributed by atoms with Gasteiger partial charge in [0.2, 0.25) is 0 Å². The Balaban J connectivity index is 2.19. The van der Waals surface area contributed by atoms with Crippen molar-refractivity contribution in [3.05, 3.63) is 36.4 Å². The maximum absolute atomic E-state index is 5.64. The largest absolute Gasteiger partial charge is 0.454 e. The Bertz CT molecular complexity index is 576. The van der Waals surface area contributed by atoms with Crippen LogP contribution in [0.3, 0.4) is 0 Å². The van der Waals surface area contributed by atoms with Gasteiger partial charge in [-0.1, -0.05) is 18.2 Å². The maximum atomic E-state index is 5.64. The number of aromatic nitrogens is 2. The summed E-state index contributed by atoms with van der Waals surface area (Å²) in [5.41, 5.74) is 7.18. The summed E-state index contributed by atoms with van der Waals surface area (Å²) in [6.45, 7) is 0. The molecule has 0 aliphatic heterocycles. The lowest BCUT2D eigenvalue weighted by Gasteiger charge is -1.86. The number of rotatable bonds is 1. The number of nitrogens with one attached hydrogen (secondary N) is 1. The smallest absolute Gasteiger partial charge is 0.153 e. The number of hydrogen-bond donors (Lipinski definition) is 2. The van der Waals surface area contributed by atoms with Gasteiger partial charge in [0.15, 0.2) is 5.76 Å². The number of nitrogens with zero attached hydrogens (tertiary/aromatic N) is 1. The molecule has 0 amide bonds. The Morgan fingerprint density at radius 3 is 2.80 bits per heavy atom. The van der Waals surface area contributed by atoms with Gasteiger partial charge in [-0.2, -0.15) is 5.10 Å². The molecular weight excluding hydrogens is 190 g/mol. The summed E-state index contributed by atoms with van der Waals surface area (Å²) >= 11 is 0. The highest BCUT2D eigenvalue weighted by atomic mass is 16.3. The topological polar surface area (TPSA) is 67.8 Å². The number of nitrogen functional groups attached to an aromatic ring is 1. The van der Waals surface area contributed by atoms with Gasteiger partial charge < -0.3 is 10.2 Å². The Kier molecular flexibility index (Phi) is 1.56. The minimum atomic E-state index is 0.463. The molecule has 2 heterocycles. The van der Waals surface area contributed by atoms with E-state index in [1.54, 1.807) is 6.07 Å². The Hall–Kier alpha value is -2.23. The van der Waals surface area contributed by atoms with Crippen molar-refractivity contribution in [2.75, 3.05) is 5.73 Å². The van der Waals surface area contributed by atoms with Crippen LogP contribution in [0.25, 0.3) is 22.4 Å². The van der Waals surface area contributed by atoms with Crippen molar-refractivity contribution < 1.29 is 4.42 Å². The van der Waals surface area contributed by atoms with E-state index in [0.717, 1.165) is 22.4 Å². The third-order valence-corrected chi connectivity index (χ3v) is 2.29. The number of nitrogens with two attached hydrogens (primary N) is 1. The van der Waals surface area contributed by atoms with Crippen LogP contribution in [0, 0.1) is 0 Å². The van der Waals surface area contributed by atoms with Crippen LogP contribution in [0.5, 0.6) is 0 Å². The second-order valence-corrected chi connectivity index (χ2v) is 3.35. The lowest BCUT2D eigenvalue weighted by Crippen LogP contribution is -1.81. The van der Waals surface area contributed by atoms with Crippen LogP contribution >= 0.6 is 0 Å². The Labute approximate surface area is 85.7 Å². The zero-order valence-electron chi connectivity index (χ0n) is 7.90. The van der Waals surface area contributed by atoms with E-state index in [9.17, 15) is 0 Å². The van der Waals surface area contributed by atoms with Crippen molar-refractivity contribution in [3.63, 3.8) is 0 Å². The molecule has 0 aliphatic carbocycles. The summed E-state index contributed by atoms with van der Waals surface area (Å²) in [4.78, 5) is 0. The molecule has 1 aromatic carbocycles. The molecule has 0 atom stereocenters. The summed E-state index contributed by atoms with van der Waals surface area (Å²) in [6, 6.07) is 11.6. The average molecular weight is 199 g/mol. The summed E-state index contributed by atoms with van der Waals surface area (Å²) < 4.78 is 5.64. The lowest BCUT2D eigenvalue weighted by molar-refractivity contribution is 0.628. The van der Waals surface area contributed by atoms with Crippen LogP contribution in [-0.4, -0.2) is 10.2 Å². The highest BCUT2D eigenvalue weighted by Crippen LogP contribution is 2.26. The summed E-state index contributed by atoms with van der Waals surface area (Å²) in [5.74, 6) is 1.21. The second kappa shape index (κ2) is 2.88. The molecule has 0 spiro atoms. The number of benzene rings is 1. The van der Waals surface area contributed by atoms with Crippen molar-refractivity contribution in [2.45, 2.75) is 0 Å². The van der Waals surface area contributed by atoms with Gasteiger partial charge >= 0.3 is 0 Å². The van der Waals surface area contributed by atoms with Crippen LogP contribution in [0.15, 0.2) is 40.8 Å². The number of furan rings is 1. The molecule has 4 heteroatoms. The van der Waals surface area contributed by atoms with Gasteiger partial charge in [0.1, 0.15) is 17.1 Å². The molecule has 0 saturated heterocycles. The van der Waals surface area contributed by atoms with E-state index >= 15 is 0 Å². The second-order valence-electron chi connectivity index (χ2n) is 3.35. The molecule has 4 nitrogen and oxygen atoms in total. The first-order valence-corrected chi connectivity index (χ1v) is 4.63. The molecule has 3 N–H and O–H groups in total. The predicted molar refractivity (Wildman–Crippen MR) is 58.2 cm³/mol. The fraction of sp³-hybridized carbons (Fsp3) is 0. The van der Waals surface area contributed by atoms with Crippen molar-refractivity contribution >= 4 is 16.8 Å². The lowest BCUT2D eigenvalue weighted by atomic mass is 10.2. The maximum Gasteiger partial charge on any atom is 0.153 e.